The van der Waals surface area contributed by atoms with E-state index in [0.29, 0.717) is 26.4 Å². The highest BCUT2D eigenvalue weighted by molar-refractivity contribution is 5.70. The largest absolute Gasteiger partial charge is 0.504 e. The number of ether oxygens (including phenoxy) is 7. The van der Waals surface area contributed by atoms with E-state index >= 15 is 0 Å². The molecule has 9 nitrogen and oxygen atoms in total. The molecule has 184 valence electrons. The van der Waals surface area contributed by atoms with E-state index in [4.69, 9.17) is 33.2 Å². The third kappa shape index (κ3) is 5.91. The minimum Gasteiger partial charge on any atom is -0.504 e. The van der Waals surface area contributed by atoms with E-state index in [2.05, 4.69) is 0 Å². The Balaban J connectivity index is 2.83. The molecule has 0 aliphatic rings. The molecule has 0 atom stereocenters. The zero-order valence-corrected chi connectivity index (χ0v) is 20.1. The molecular weight excluding hydrogens is 432 g/mol. The molecule has 0 heterocycles. The van der Waals surface area contributed by atoms with Gasteiger partial charge in [0.25, 0.3) is 0 Å². The monoisotopic (exact) mass is 466 g/mol. The molecule has 0 fully saturated rings. The Bertz CT molecular complexity index is 838. The Labute approximate surface area is 194 Å². The van der Waals surface area contributed by atoms with Gasteiger partial charge in [-0.05, 0) is 41.5 Å². The van der Waals surface area contributed by atoms with Crippen LogP contribution in [0.5, 0.6) is 57.5 Å². The van der Waals surface area contributed by atoms with Crippen molar-refractivity contribution < 1.29 is 43.4 Å². The van der Waals surface area contributed by atoms with Gasteiger partial charge < -0.3 is 43.4 Å². The number of phenols is 2. The van der Waals surface area contributed by atoms with Crippen LogP contribution in [-0.2, 0) is 0 Å². The fraction of sp³-hybridized carbons (Fsp3) is 0.500. The summed E-state index contributed by atoms with van der Waals surface area (Å²) in [5.41, 5.74) is 0. The zero-order valence-electron chi connectivity index (χ0n) is 20.1. The zero-order chi connectivity index (χ0) is 24.4. The van der Waals surface area contributed by atoms with Crippen molar-refractivity contribution in [3.8, 4) is 57.5 Å². The SMILES string of the molecule is CCOc1cc(O)c(OCC)c(OCC)c1Oc1c(OCC)cc(O)c(OCC)c1OCC. The molecule has 2 aromatic carbocycles. The van der Waals surface area contributed by atoms with Gasteiger partial charge in [0.1, 0.15) is 0 Å². The summed E-state index contributed by atoms with van der Waals surface area (Å²) in [5, 5.41) is 21.1. The van der Waals surface area contributed by atoms with Crippen molar-refractivity contribution in [3.05, 3.63) is 12.1 Å². The number of aromatic hydroxyl groups is 2. The summed E-state index contributed by atoms with van der Waals surface area (Å²) in [5.74, 6) is 1.08. The lowest BCUT2D eigenvalue weighted by molar-refractivity contribution is 0.239. The molecule has 0 saturated heterocycles. The van der Waals surface area contributed by atoms with Crippen LogP contribution in [-0.4, -0.2) is 49.9 Å². The summed E-state index contributed by atoms with van der Waals surface area (Å²) < 4.78 is 40.7. The van der Waals surface area contributed by atoms with Crippen LogP contribution < -0.4 is 33.2 Å². The Morgan fingerprint density at radius 2 is 0.758 bits per heavy atom. The maximum absolute atomic E-state index is 10.5. The highest BCUT2D eigenvalue weighted by Crippen LogP contribution is 2.57. The molecular formula is C24H34O9. The Morgan fingerprint density at radius 3 is 1.06 bits per heavy atom. The summed E-state index contributed by atoms with van der Waals surface area (Å²) in [6.07, 6.45) is 0. The number of hydrogen-bond acceptors (Lipinski definition) is 9. The quantitative estimate of drug-likeness (QED) is 0.384. The predicted molar refractivity (Wildman–Crippen MR) is 123 cm³/mol. The predicted octanol–water partition coefficient (Wildman–Crippen LogP) is 5.28. The van der Waals surface area contributed by atoms with Crippen LogP contribution in [0.2, 0.25) is 0 Å². The second kappa shape index (κ2) is 12.6. The maximum Gasteiger partial charge on any atom is 0.215 e. The summed E-state index contributed by atoms with van der Waals surface area (Å²) in [7, 11) is 0. The van der Waals surface area contributed by atoms with Gasteiger partial charge in [-0.15, -0.1) is 0 Å². The molecule has 9 heteroatoms. The lowest BCUT2D eigenvalue weighted by atomic mass is 10.2. The average molecular weight is 467 g/mol. The van der Waals surface area contributed by atoms with Crippen LogP contribution in [0.15, 0.2) is 12.1 Å². The van der Waals surface area contributed by atoms with Gasteiger partial charge in [-0.1, -0.05) is 0 Å². The van der Waals surface area contributed by atoms with E-state index in [0.717, 1.165) is 0 Å². The van der Waals surface area contributed by atoms with Crippen molar-refractivity contribution >= 4 is 0 Å². The number of rotatable bonds is 14. The molecule has 0 aliphatic heterocycles. The van der Waals surface area contributed by atoms with Crippen LogP contribution in [0.3, 0.4) is 0 Å². The van der Waals surface area contributed by atoms with Gasteiger partial charge in [-0.25, -0.2) is 0 Å². The lowest BCUT2D eigenvalue weighted by Gasteiger charge is -2.23. The minimum atomic E-state index is -0.146. The second-order valence-corrected chi connectivity index (χ2v) is 6.46. The molecule has 0 aliphatic carbocycles. The van der Waals surface area contributed by atoms with E-state index in [-0.39, 0.29) is 70.7 Å². The van der Waals surface area contributed by atoms with Gasteiger partial charge in [0.05, 0.1) is 39.6 Å². The number of phenolic OH excluding ortho intramolecular Hbond substituents is 2. The minimum absolute atomic E-state index is 0.123. The van der Waals surface area contributed by atoms with Gasteiger partial charge in [-0.3, -0.25) is 0 Å². The molecule has 0 unspecified atom stereocenters. The lowest BCUT2D eigenvalue weighted by Crippen LogP contribution is -2.06. The van der Waals surface area contributed by atoms with Crippen molar-refractivity contribution in [1.29, 1.82) is 0 Å². The smallest absolute Gasteiger partial charge is 0.215 e. The molecule has 0 aromatic heterocycles. The first-order valence-corrected chi connectivity index (χ1v) is 11.2. The molecule has 33 heavy (non-hydrogen) atoms. The van der Waals surface area contributed by atoms with Gasteiger partial charge in [0.15, 0.2) is 23.0 Å². The fourth-order valence-corrected chi connectivity index (χ4v) is 3.11. The molecule has 0 spiro atoms. The first kappa shape index (κ1) is 25.9. The molecule has 0 saturated carbocycles. The summed E-state index contributed by atoms with van der Waals surface area (Å²) >= 11 is 0. The van der Waals surface area contributed by atoms with E-state index in [9.17, 15) is 10.2 Å². The van der Waals surface area contributed by atoms with Gasteiger partial charge in [0.2, 0.25) is 34.5 Å². The molecule has 0 bridgehead atoms. The first-order chi connectivity index (χ1) is 16.0. The number of hydrogen-bond donors (Lipinski definition) is 2. The van der Waals surface area contributed by atoms with Crippen LogP contribution >= 0.6 is 0 Å². The van der Waals surface area contributed by atoms with E-state index in [1.165, 1.54) is 12.1 Å². The van der Waals surface area contributed by atoms with Crippen molar-refractivity contribution in [2.75, 3.05) is 39.6 Å². The second-order valence-electron chi connectivity index (χ2n) is 6.46. The Hall–Kier alpha value is -3.36. The normalized spacial score (nSPS) is 10.5. The van der Waals surface area contributed by atoms with Crippen molar-refractivity contribution in [2.45, 2.75) is 41.5 Å². The van der Waals surface area contributed by atoms with Crippen molar-refractivity contribution in [2.24, 2.45) is 0 Å². The Morgan fingerprint density at radius 1 is 0.455 bits per heavy atom. The van der Waals surface area contributed by atoms with E-state index in [1.807, 2.05) is 13.8 Å². The average Bonchev–Trinajstić information content (AvgIpc) is 2.78. The number of benzene rings is 2. The highest BCUT2D eigenvalue weighted by atomic mass is 16.6. The van der Waals surface area contributed by atoms with E-state index in [1.54, 1.807) is 27.7 Å². The fourth-order valence-electron chi connectivity index (χ4n) is 3.11. The van der Waals surface area contributed by atoms with Crippen molar-refractivity contribution in [3.63, 3.8) is 0 Å². The topological polar surface area (TPSA) is 105 Å². The van der Waals surface area contributed by atoms with Gasteiger partial charge >= 0.3 is 0 Å². The van der Waals surface area contributed by atoms with Crippen molar-refractivity contribution in [1.82, 2.24) is 0 Å². The van der Waals surface area contributed by atoms with Gasteiger partial charge in [-0.2, -0.15) is 0 Å². The van der Waals surface area contributed by atoms with Crippen LogP contribution in [0.1, 0.15) is 41.5 Å². The third-order valence-corrected chi connectivity index (χ3v) is 4.23. The van der Waals surface area contributed by atoms with Gasteiger partial charge in [0, 0.05) is 12.1 Å². The molecule has 2 rings (SSSR count). The maximum atomic E-state index is 10.5. The summed E-state index contributed by atoms with van der Waals surface area (Å²) in [6.45, 7) is 12.6. The van der Waals surface area contributed by atoms with Crippen LogP contribution in [0, 0.1) is 0 Å². The molecule has 2 N–H and O–H groups in total. The van der Waals surface area contributed by atoms with Crippen LogP contribution in [0.4, 0.5) is 0 Å². The molecule has 0 radical (unpaired) electrons. The standard InChI is InChI=1S/C24H34O9/c1-7-27-17-13-15(25)19(29-9-3)23(31-11-5)21(17)33-22-18(28-8-2)14-16(26)20(30-10-4)24(22)32-12-6/h13-14,25-26H,7-12H2,1-6H3. The van der Waals surface area contributed by atoms with E-state index < -0.39 is 0 Å². The van der Waals surface area contributed by atoms with Crippen LogP contribution in [0.25, 0.3) is 0 Å². The summed E-state index contributed by atoms with van der Waals surface area (Å²) in [6, 6.07) is 2.80. The first-order valence-electron chi connectivity index (χ1n) is 11.2. The Kier molecular flexibility index (Phi) is 9.90. The third-order valence-electron chi connectivity index (χ3n) is 4.23. The molecule has 0 amide bonds. The molecule has 2 aromatic rings. The summed E-state index contributed by atoms with van der Waals surface area (Å²) in [4.78, 5) is 0. The highest BCUT2D eigenvalue weighted by Gasteiger charge is 2.29.